The molecular formula is C54H57NO15. The second-order valence-corrected chi connectivity index (χ2v) is 19.3. The molecule has 4 aromatic carbocycles. The lowest BCUT2D eigenvalue weighted by Crippen LogP contribution is -2.82. The van der Waals surface area contributed by atoms with Crippen LogP contribution in [0.3, 0.4) is 0 Å². The van der Waals surface area contributed by atoms with E-state index in [1.165, 1.54) is 26.0 Å². The number of esters is 4. The molecule has 8 rings (SSSR count). The van der Waals surface area contributed by atoms with Crippen molar-refractivity contribution in [3.05, 3.63) is 149 Å². The number of ketones is 1. The van der Waals surface area contributed by atoms with Gasteiger partial charge < -0.3 is 49.1 Å². The van der Waals surface area contributed by atoms with E-state index in [4.69, 9.17) is 28.4 Å². The summed E-state index contributed by atoms with van der Waals surface area (Å²) < 4.78 is 36.6. The third kappa shape index (κ3) is 8.78. The molecular weight excluding hydrogens is 903 g/mol. The van der Waals surface area contributed by atoms with Crippen molar-refractivity contribution in [2.75, 3.05) is 6.61 Å². The summed E-state index contributed by atoms with van der Waals surface area (Å²) in [6, 6.07) is 30.5. The lowest BCUT2D eigenvalue weighted by Gasteiger charge is -2.67. The van der Waals surface area contributed by atoms with Crippen molar-refractivity contribution < 1.29 is 72.5 Å². The number of aliphatic hydroxyl groups is 3. The Morgan fingerprint density at radius 2 is 1.41 bits per heavy atom. The Kier molecular flexibility index (Phi) is 13.7. The lowest BCUT2D eigenvalue weighted by atomic mass is 9.44. The van der Waals surface area contributed by atoms with Gasteiger partial charge in [-0.25, -0.2) is 9.59 Å². The van der Waals surface area contributed by atoms with E-state index >= 15 is 4.79 Å². The molecule has 3 aliphatic carbocycles. The Morgan fingerprint density at radius 3 is 2.00 bits per heavy atom. The van der Waals surface area contributed by atoms with Crippen molar-refractivity contribution in [1.29, 1.82) is 0 Å². The van der Waals surface area contributed by atoms with Gasteiger partial charge in [0.2, 0.25) is 0 Å². The molecule has 2 saturated carbocycles. The monoisotopic (exact) mass is 959 g/mol. The summed E-state index contributed by atoms with van der Waals surface area (Å²) in [5, 5.41) is 40.7. The summed E-state index contributed by atoms with van der Waals surface area (Å²) in [5.41, 5.74) is -6.41. The molecule has 11 atom stereocenters. The van der Waals surface area contributed by atoms with Crippen LogP contribution in [0.15, 0.2) is 126 Å². The first-order valence-corrected chi connectivity index (χ1v) is 23.1. The van der Waals surface area contributed by atoms with Crippen LogP contribution in [-0.2, 0) is 49.5 Å². The Bertz CT molecular complexity index is 2670. The summed E-state index contributed by atoms with van der Waals surface area (Å²) >= 11 is 0. The van der Waals surface area contributed by atoms with Crippen LogP contribution in [-0.4, -0.2) is 105 Å². The number of Topliss-reactive ketones (excluding diaryl/α,β-unsaturated/α-hetero) is 1. The number of hydrogen-bond acceptors (Lipinski definition) is 15. The molecule has 368 valence electrons. The van der Waals surface area contributed by atoms with E-state index < -0.39 is 113 Å². The fraction of sp³-hybridized carbons (Fsp3) is 0.407. The van der Waals surface area contributed by atoms with Gasteiger partial charge in [-0.15, -0.1) is 0 Å². The Morgan fingerprint density at radius 1 is 0.800 bits per heavy atom. The molecule has 1 amide bonds. The summed E-state index contributed by atoms with van der Waals surface area (Å²) in [7, 11) is 0. The first-order valence-electron chi connectivity index (χ1n) is 23.1. The van der Waals surface area contributed by atoms with E-state index in [0.29, 0.717) is 11.3 Å². The highest BCUT2D eigenvalue weighted by Crippen LogP contribution is 2.64. The molecule has 3 fully saturated rings. The molecule has 70 heavy (non-hydrogen) atoms. The summed E-state index contributed by atoms with van der Waals surface area (Å²) in [4.78, 5) is 84.6. The van der Waals surface area contributed by atoms with Crippen LogP contribution >= 0.6 is 0 Å². The van der Waals surface area contributed by atoms with Crippen molar-refractivity contribution in [3.63, 3.8) is 0 Å². The molecule has 2 bridgehead atoms. The van der Waals surface area contributed by atoms with Gasteiger partial charge in [-0.05, 0) is 72.5 Å². The summed E-state index contributed by atoms with van der Waals surface area (Å²) in [5.74, 6) is -6.58. The van der Waals surface area contributed by atoms with Crippen LogP contribution in [0.1, 0.15) is 92.3 Å². The number of ether oxygens (including phenoxy) is 6. The maximum atomic E-state index is 15.7. The minimum atomic E-state index is -2.44. The molecule has 1 saturated heterocycles. The number of aliphatic hydroxyl groups excluding tert-OH is 2. The molecule has 0 radical (unpaired) electrons. The lowest BCUT2D eigenvalue weighted by molar-refractivity contribution is -0.346. The SMILES string of the molecule is CC(=O)O[C@H]1C(=O)[C@@]2(C)[C@H]([C@H](OC(=O)c3ccc(OCc4ccccc4)cc3)[C@]3(O)C[C@H](OC(=O)[C@H](O)[C@@H](NC(=O)c4ccccc4)c4ccccc4)C(C)=C1C3(C)C)[C@]1(OC(C)=O)CO[C@@H]1C[C@@H]2O. The Hall–Kier alpha value is -6.72. The highest BCUT2D eigenvalue weighted by molar-refractivity contribution is 5.96. The van der Waals surface area contributed by atoms with Crippen molar-refractivity contribution in [2.24, 2.45) is 16.7 Å². The molecule has 0 spiro atoms. The fourth-order valence-electron chi connectivity index (χ4n) is 11.0. The van der Waals surface area contributed by atoms with Gasteiger partial charge in [-0.1, -0.05) is 92.7 Å². The minimum absolute atomic E-state index is 0.000918. The third-order valence-electron chi connectivity index (χ3n) is 14.8. The van der Waals surface area contributed by atoms with Gasteiger partial charge in [0.15, 0.2) is 23.6 Å². The van der Waals surface area contributed by atoms with Crippen LogP contribution in [0, 0.1) is 16.7 Å². The number of amides is 1. The van der Waals surface area contributed by atoms with E-state index in [2.05, 4.69) is 5.32 Å². The van der Waals surface area contributed by atoms with E-state index in [0.717, 1.165) is 19.4 Å². The van der Waals surface area contributed by atoms with Crippen molar-refractivity contribution in [1.82, 2.24) is 5.32 Å². The molecule has 1 heterocycles. The fourth-order valence-corrected chi connectivity index (χ4v) is 11.0. The number of nitrogens with one attached hydrogen (secondary N) is 1. The second-order valence-electron chi connectivity index (χ2n) is 19.3. The van der Waals surface area contributed by atoms with Gasteiger partial charge in [0.05, 0.1) is 35.6 Å². The maximum absolute atomic E-state index is 15.7. The molecule has 16 nitrogen and oxygen atoms in total. The zero-order valence-electron chi connectivity index (χ0n) is 39.7. The quantitative estimate of drug-likeness (QED) is 0.0756. The first kappa shape index (κ1) is 49.7. The van der Waals surface area contributed by atoms with E-state index in [9.17, 15) is 39.3 Å². The number of benzene rings is 4. The summed E-state index contributed by atoms with van der Waals surface area (Å²) in [6.45, 7) is 8.18. The topological polar surface area (TPSA) is 231 Å². The van der Waals surface area contributed by atoms with Gasteiger partial charge in [-0.2, -0.15) is 0 Å². The minimum Gasteiger partial charge on any atom is -0.489 e. The molecule has 4 aliphatic rings. The zero-order valence-corrected chi connectivity index (χ0v) is 39.7. The Labute approximate surface area is 404 Å². The van der Waals surface area contributed by atoms with Crippen LogP contribution < -0.4 is 10.1 Å². The van der Waals surface area contributed by atoms with Crippen molar-refractivity contribution >= 4 is 35.6 Å². The van der Waals surface area contributed by atoms with Gasteiger partial charge in [0.25, 0.3) is 5.91 Å². The number of hydrogen-bond donors (Lipinski definition) is 4. The molecule has 4 N–H and O–H groups in total. The number of carbonyl (C=O) groups is 6. The van der Waals surface area contributed by atoms with Gasteiger partial charge in [0.1, 0.15) is 36.3 Å². The highest BCUT2D eigenvalue weighted by Gasteiger charge is 2.78. The number of rotatable bonds is 13. The molecule has 16 heteroatoms. The molecule has 4 aromatic rings. The molecule has 1 aliphatic heterocycles. The van der Waals surface area contributed by atoms with E-state index in [-0.39, 0.29) is 41.9 Å². The maximum Gasteiger partial charge on any atom is 0.338 e. The standard InChI is InChI=1S/C54H57NO15/c1-30-38(68-50(63)43(59)42(34-18-12-8-13-19-34)55-48(61)35-20-14-9-15-21-35)27-54(64)47(69-49(62)36-22-24-37(25-23-36)65-28-33-16-10-7-11-17-33)45-52(6,39(58)26-40-53(45,29-66-40)70-32(3)57)46(60)44(67-31(2)56)41(30)51(54,4)5/h7-25,38-40,42-45,47,58-59,64H,26-29H2,1-6H3,(H,55,61)/t38-,39-,40+,42-,43+,44+,45-,47-,52+,53-,54+/m0/s1. The van der Waals surface area contributed by atoms with Crippen molar-refractivity contribution in [3.8, 4) is 5.75 Å². The normalized spacial score (nSPS) is 29.5. The Balaban J connectivity index is 1.23. The average Bonchev–Trinajstić information content (AvgIpc) is 3.34. The second kappa shape index (κ2) is 19.2. The van der Waals surface area contributed by atoms with Crippen LogP contribution in [0.25, 0.3) is 0 Å². The summed E-state index contributed by atoms with van der Waals surface area (Å²) in [6.07, 6.45) is -10.8. The number of carbonyl (C=O) groups excluding carboxylic acids is 6. The molecule has 0 unspecified atom stereocenters. The number of fused-ring (bicyclic) bond motifs is 5. The predicted octanol–water partition coefficient (Wildman–Crippen LogP) is 5.31. The van der Waals surface area contributed by atoms with E-state index in [1.54, 1.807) is 86.6 Å². The highest BCUT2D eigenvalue weighted by atomic mass is 16.6. The largest absolute Gasteiger partial charge is 0.489 e. The van der Waals surface area contributed by atoms with Crippen LogP contribution in [0.4, 0.5) is 0 Å². The average molecular weight is 960 g/mol. The smallest absolute Gasteiger partial charge is 0.338 e. The predicted molar refractivity (Wildman–Crippen MR) is 248 cm³/mol. The van der Waals surface area contributed by atoms with Gasteiger partial charge in [-0.3, -0.25) is 19.2 Å². The van der Waals surface area contributed by atoms with Crippen molar-refractivity contribution in [2.45, 2.75) is 115 Å². The van der Waals surface area contributed by atoms with Gasteiger partial charge in [0, 0.05) is 37.7 Å². The third-order valence-corrected chi connectivity index (χ3v) is 14.8. The zero-order chi connectivity index (χ0) is 50.3. The van der Waals surface area contributed by atoms with Crippen LogP contribution in [0.5, 0.6) is 5.75 Å². The molecule has 0 aromatic heterocycles. The van der Waals surface area contributed by atoms with Crippen LogP contribution in [0.2, 0.25) is 0 Å². The van der Waals surface area contributed by atoms with Gasteiger partial charge >= 0.3 is 23.9 Å². The van der Waals surface area contributed by atoms with E-state index in [1.807, 2.05) is 30.3 Å². The first-order chi connectivity index (χ1) is 33.2.